The molecule has 1 N–H and O–H groups in total. The first-order valence-corrected chi connectivity index (χ1v) is 12.1. The molecule has 3 aromatic rings. The van der Waals surface area contributed by atoms with Gasteiger partial charge in [-0.15, -0.1) is 0 Å². The van der Waals surface area contributed by atoms with E-state index in [1.165, 1.54) is 30.6 Å². The lowest BCUT2D eigenvalue weighted by Crippen LogP contribution is -2.42. The fourth-order valence-corrected chi connectivity index (χ4v) is 4.44. The Morgan fingerprint density at radius 3 is 2.16 bits per heavy atom. The number of nitrogens with one attached hydrogen (secondary N) is 1. The van der Waals surface area contributed by atoms with Crippen LogP contribution in [0.15, 0.2) is 48.8 Å². The minimum atomic E-state index is -4.92. The Morgan fingerprint density at radius 1 is 1.03 bits per heavy atom. The van der Waals surface area contributed by atoms with Gasteiger partial charge < -0.3 is 0 Å². The number of aryl methyl sites for hydroxylation is 1. The van der Waals surface area contributed by atoms with E-state index in [4.69, 9.17) is 51.2 Å². The molecule has 0 aliphatic carbocycles. The van der Waals surface area contributed by atoms with E-state index >= 15 is 0 Å². The van der Waals surface area contributed by atoms with Crippen LogP contribution in [0.4, 0.5) is 19.1 Å². The van der Waals surface area contributed by atoms with Crippen LogP contribution in [0.1, 0.15) is 34.0 Å². The zero-order valence-electron chi connectivity index (χ0n) is 19.3. The Balaban J connectivity index is 1.73. The molecule has 7 nitrogen and oxygen atoms in total. The largest absolute Gasteiger partial charge is 0.428 e. The van der Waals surface area contributed by atoms with Crippen molar-refractivity contribution in [1.29, 1.82) is 0 Å². The highest BCUT2D eigenvalue weighted by Gasteiger charge is 2.59. The Labute approximate surface area is 234 Å². The maximum Gasteiger partial charge on any atom is 0.428 e. The van der Waals surface area contributed by atoms with Gasteiger partial charge in [0.2, 0.25) is 17.5 Å². The summed E-state index contributed by atoms with van der Waals surface area (Å²) in [7, 11) is 0. The summed E-state index contributed by atoms with van der Waals surface area (Å²) in [6, 6.07) is 6.27. The number of hydroxylamine groups is 1. The predicted octanol–water partition coefficient (Wildman–Crippen LogP) is 6.93. The summed E-state index contributed by atoms with van der Waals surface area (Å²) < 4.78 is 43.0. The number of carbonyl (C=O) groups is 2. The molecule has 2 aromatic carbocycles. The first-order chi connectivity index (χ1) is 17.7. The van der Waals surface area contributed by atoms with Crippen molar-refractivity contribution in [2.75, 3.05) is 4.90 Å². The predicted molar refractivity (Wildman–Crippen MR) is 137 cm³/mol. The van der Waals surface area contributed by atoms with Crippen LogP contribution in [0.3, 0.4) is 0 Å². The van der Waals surface area contributed by atoms with E-state index in [0.29, 0.717) is 5.56 Å². The number of alkyl halides is 3. The minimum Gasteiger partial charge on any atom is -0.274 e. The van der Waals surface area contributed by atoms with E-state index < -0.39 is 29.2 Å². The van der Waals surface area contributed by atoms with Gasteiger partial charge in [0.15, 0.2) is 0 Å². The molecule has 1 aliphatic rings. The molecule has 1 atom stereocenters. The maximum absolute atomic E-state index is 14.3. The van der Waals surface area contributed by atoms with Gasteiger partial charge in [0.05, 0.1) is 38.2 Å². The van der Waals surface area contributed by atoms with Crippen LogP contribution in [0.2, 0.25) is 20.1 Å². The van der Waals surface area contributed by atoms with Crippen LogP contribution >= 0.6 is 46.4 Å². The van der Waals surface area contributed by atoms with Gasteiger partial charge in [-0.05, 0) is 48.4 Å². The van der Waals surface area contributed by atoms with Gasteiger partial charge in [-0.1, -0.05) is 52.5 Å². The lowest BCUT2D eigenvalue weighted by molar-refractivity contribution is -0.269. The highest BCUT2D eigenvalue weighted by Crippen LogP contribution is 2.49. The molecular weight excluding hydrogens is 591 g/mol. The fourth-order valence-electron chi connectivity index (χ4n) is 3.74. The zero-order valence-corrected chi connectivity index (χ0v) is 22.4. The number of halogens is 7. The van der Waals surface area contributed by atoms with Crippen molar-refractivity contribution in [3.05, 3.63) is 91.1 Å². The lowest BCUT2D eigenvalue weighted by atomic mass is 9.91. The molecule has 2 amide bonds. The van der Waals surface area contributed by atoms with Gasteiger partial charge in [0.1, 0.15) is 0 Å². The maximum atomic E-state index is 14.3. The van der Waals surface area contributed by atoms with E-state index in [2.05, 4.69) is 15.4 Å². The monoisotopic (exact) mass is 604 g/mol. The van der Waals surface area contributed by atoms with Crippen LogP contribution in [0.5, 0.6) is 0 Å². The second-order valence-electron chi connectivity index (χ2n) is 8.14. The summed E-state index contributed by atoms with van der Waals surface area (Å²) in [5.74, 6) is -1.56. The zero-order chi connectivity index (χ0) is 28.0. The summed E-state index contributed by atoms with van der Waals surface area (Å²) in [5.41, 5.74) is -0.317. The average Bonchev–Trinajstić information content (AvgIpc) is 3.30. The second-order valence-corrected chi connectivity index (χ2v) is 9.77. The van der Waals surface area contributed by atoms with Crippen molar-refractivity contribution >= 4 is 69.9 Å². The molecule has 198 valence electrons. The summed E-state index contributed by atoms with van der Waals surface area (Å²) in [6.07, 6.45) is -1.62. The number of hydrogen-bond acceptors (Lipinski definition) is 6. The van der Waals surface area contributed by atoms with E-state index in [9.17, 15) is 22.8 Å². The molecule has 1 aliphatic heterocycles. The van der Waals surface area contributed by atoms with Gasteiger partial charge in [-0.2, -0.15) is 13.2 Å². The highest BCUT2D eigenvalue weighted by atomic mass is 35.5. The molecule has 0 saturated carbocycles. The van der Waals surface area contributed by atoms with Crippen LogP contribution in [-0.2, 0) is 15.2 Å². The van der Waals surface area contributed by atoms with Crippen LogP contribution < -0.4 is 10.4 Å². The fraction of sp³-hybridized carbons (Fsp3) is 0.167. The van der Waals surface area contributed by atoms with Crippen molar-refractivity contribution in [2.45, 2.75) is 25.6 Å². The number of carbonyl (C=O) groups excluding carboxylic acids is 2. The first-order valence-electron chi connectivity index (χ1n) is 10.6. The standard InChI is InChI=1S/C24H15Cl4F3N4O3/c1-11-5-13(3-4-16(11)21(37)35(12(2)36)22-32-9-15(25)10-33-22)19-8-23(38-34-19,24(29,30)31)14-6-17(26)20(28)18(27)7-14/h3-10,34H,1-2H3. The molecule has 1 unspecified atom stereocenters. The topological polar surface area (TPSA) is 84.4 Å². The molecule has 0 spiro atoms. The van der Waals surface area contributed by atoms with Gasteiger partial charge in [0, 0.05) is 18.1 Å². The third-order valence-electron chi connectivity index (χ3n) is 5.60. The van der Waals surface area contributed by atoms with E-state index in [1.807, 2.05) is 0 Å². The van der Waals surface area contributed by atoms with Crippen molar-refractivity contribution < 1.29 is 27.6 Å². The number of aromatic nitrogens is 2. The summed E-state index contributed by atoms with van der Waals surface area (Å²) in [6.45, 7) is 2.72. The molecule has 14 heteroatoms. The number of nitrogens with zero attached hydrogens (tertiary/aromatic N) is 3. The number of imide groups is 1. The smallest absolute Gasteiger partial charge is 0.274 e. The quantitative estimate of drug-likeness (QED) is 0.325. The van der Waals surface area contributed by atoms with Gasteiger partial charge in [-0.3, -0.25) is 19.9 Å². The van der Waals surface area contributed by atoms with Crippen molar-refractivity contribution in [1.82, 2.24) is 15.4 Å². The normalized spacial score (nSPS) is 17.1. The molecule has 38 heavy (non-hydrogen) atoms. The molecule has 0 saturated heterocycles. The second kappa shape index (κ2) is 10.3. The van der Waals surface area contributed by atoms with E-state index in [0.717, 1.165) is 30.0 Å². The van der Waals surface area contributed by atoms with E-state index in [1.54, 1.807) is 6.92 Å². The lowest BCUT2D eigenvalue weighted by Gasteiger charge is -2.29. The molecule has 0 fully saturated rings. The van der Waals surface area contributed by atoms with Crippen LogP contribution in [0.25, 0.3) is 5.70 Å². The summed E-state index contributed by atoms with van der Waals surface area (Å²) in [4.78, 5) is 39.1. The Kier molecular flexibility index (Phi) is 7.66. The summed E-state index contributed by atoms with van der Waals surface area (Å²) in [5, 5.41) is -0.241. The number of anilines is 1. The molecule has 4 rings (SSSR count). The number of rotatable bonds is 4. The van der Waals surface area contributed by atoms with Gasteiger partial charge >= 0.3 is 6.18 Å². The number of benzene rings is 2. The van der Waals surface area contributed by atoms with E-state index in [-0.39, 0.29) is 42.9 Å². The third kappa shape index (κ3) is 5.06. The van der Waals surface area contributed by atoms with Crippen molar-refractivity contribution in [3.63, 3.8) is 0 Å². The first kappa shape index (κ1) is 28.1. The molecule has 1 aromatic heterocycles. The molecule has 2 heterocycles. The average molecular weight is 606 g/mol. The highest BCUT2D eigenvalue weighted by molar-refractivity contribution is 6.48. The Bertz CT molecular complexity index is 1460. The molecule has 0 radical (unpaired) electrons. The van der Waals surface area contributed by atoms with Crippen molar-refractivity contribution in [2.24, 2.45) is 0 Å². The molecular formula is C24H15Cl4F3N4O3. The Hall–Kier alpha value is -2.89. The van der Waals surface area contributed by atoms with Gasteiger partial charge in [-0.25, -0.2) is 14.9 Å². The SMILES string of the molecule is CC(=O)N(C(=O)c1ccc(C2=CC(c3cc(Cl)c(Cl)c(Cl)c3)(C(F)(F)F)ON2)cc1C)c1ncc(Cl)cn1. The molecule has 0 bridgehead atoms. The number of amides is 2. The Morgan fingerprint density at radius 2 is 1.63 bits per heavy atom. The van der Waals surface area contributed by atoms with Crippen LogP contribution in [-0.4, -0.2) is 28.0 Å². The van der Waals surface area contributed by atoms with Crippen molar-refractivity contribution in [3.8, 4) is 0 Å². The van der Waals surface area contributed by atoms with Crippen LogP contribution in [0, 0.1) is 6.92 Å². The van der Waals surface area contributed by atoms with Gasteiger partial charge in [0.25, 0.3) is 5.91 Å². The number of hydrogen-bond donors (Lipinski definition) is 1. The summed E-state index contributed by atoms with van der Waals surface area (Å²) >= 11 is 23.6. The minimum absolute atomic E-state index is 0.0314. The third-order valence-corrected chi connectivity index (χ3v) is 6.99.